The summed E-state index contributed by atoms with van der Waals surface area (Å²) in [5.41, 5.74) is 3.21. The molecule has 0 radical (unpaired) electrons. The van der Waals surface area contributed by atoms with E-state index in [0.717, 1.165) is 24.1 Å². The van der Waals surface area contributed by atoms with Gasteiger partial charge in [-0.15, -0.1) is 0 Å². The monoisotopic (exact) mass is 369 g/mol. The number of piperidine rings is 1. The normalized spacial score (nSPS) is 19.6. The summed E-state index contributed by atoms with van der Waals surface area (Å²) in [6.07, 6.45) is 4.25. The number of nitrogens with zero attached hydrogens (tertiary/aromatic N) is 2. The summed E-state index contributed by atoms with van der Waals surface area (Å²) in [6, 6.07) is 11.9. The van der Waals surface area contributed by atoms with Crippen molar-refractivity contribution in [1.82, 2.24) is 9.88 Å². The van der Waals surface area contributed by atoms with Gasteiger partial charge in [0.1, 0.15) is 6.61 Å². The zero-order chi connectivity index (χ0) is 19.1. The number of aliphatic hydroxyl groups excluding tert-OH is 1. The van der Waals surface area contributed by atoms with Crippen molar-refractivity contribution in [3.63, 3.8) is 0 Å². The first-order chi connectivity index (χ1) is 13.2. The SMILES string of the molecule is CCc1ccc(COC(=O)N2CC[C@H](CNc3ccncc3)[C@H](O)C2)cc1. The van der Waals surface area contributed by atoms with Crippen molar-refractivity contribution >= 4 is 11.8 Å². The molecule has 6 heteroatoms. The van der Waals surface area contributed by atoms with Crippen LogP contribution in [0.2, 0.25) is 0 Å². The fourth-order valence-electron chi connectivity index (χ4n) is 3.21. The molecule has 1 amide bonds. The third-order valence-electron chi connectivity index (χ3n) is 5.02. The summed E-state index contributed by atoms with van der Waals surface area (Å²) in [7, 11) is 0. The Morgan fingerprint density at radius 3 is 2.59 bits per heavy atom. The molecule has 1 aliphatic heterocycles. The number of carbonyl (C=O) groups excluding carboxylic acids is 1. The summed E-state index contributed by atoms with van der Waals surface area (Å²) in [4.78, 5) is 17.9. The molecule has 0 unspecified atom stereocenters. The third-order valence-corrected chi connectivity index (χ3v) is 5.02. The highest BCUT2D eigenvalue weighted by atomic mass is 16.6. The number of anilines is 1. The predicted molar refractivity (Wildman–Crippen MR) is 104 cm³/mol. The number of likely N-dealkylation sites (tertiary alicyclic amines) is 1. The van der Waals surface area contributed by atoms with E-state index in [-0.39, 0.29) is 18.6 Å². The molecule has 27 heavy (non-hydrogen) atoms. The standard InChI is InChI=1S/C21H27N3O3/c1-2-16-3-5-17(6-4-16)15-27-21(26)24-12-9-18(20(25)14-24)13-23-19-7-10-22-11-8-19/h3-8,10-11,18,20,25H,2,9,12-15H2,1H3,(H,22,23)/t18-,20-/m1/s1. The second-order valence-corrected chi connectivity index (χ2v) is 6.90. The van der Waals surface area contributed by atoms with E-state index in [9.17, 15) is 9.90 Å². The van der Waals surface area contributed by atoms with Gasteiger partial charge in [0.25, 0.3) is 0 Å². The fourth-order valence-corrected chi connectivity index (χ4v) is 3.21. The van der Waals surface area contributed by atoms with Gasteiger partial charge in [0.05, 0.1) is 12.6 Å². The number of hydrogen-bond donors (Lipinski definition) is 2. The first kappa shape index (κ1) is 19.2. The molecule has 2 atom stereocenters. The zero-order valence-electron chi connectivity index (χ0n) is 15.7. The molecule has 1 aromatic carbocycles. The van der Waals surface area contributed by atoms with E-state index < -0.39 is 6.10 Å². The summed E-state index contributed by atoms with van der Waals surface area (Å²) in [5, 5.41) is 13.7. The number of nitrogens with one attached hydrogen (secondary N) is 1. The van der Waals surface area contributed by atoms with Gasteiger partial charge in [-0.05, 0) is 36.1 Å². The number of benzene rings is 1. The summed E-state index contributed by atoms with van der Waals surface area (Å²) >= 11 is 0. The number of aliphatic hydroxyl groups is 1. The second-order valence-electron chi connectivity index (χ2n) is 6.90. The van der Waals surface area contributed by atoms with Crippen LogP contribution in [0.25, 0.3) is 0 Å². The van der Waals surface area contributed by atoms with Crippen molar-refractivity contribution in [2.45, 2.75) is 32.5 Å². The van der Waals surface area contributed by atoms with Crippen LogP contribution in [-0.4, -0.2) is 46.8 Å². The Hall–Kier alpha value is -2.60. The number of ether oxygens (including phenoxy) is 1. The molecule has 2 N–H and O–H groups in total. The summed E-state index contributed by atoms with van der Waals surface area (Å²) < 4.78 is 5.41. The minimum atomic E-state index is -0.565. The number of hydrogen-bond acceptors (Lipinski definition) is 5. The lowest BCUT2D eigenvalue weighted by Crippen LogP contribution is -2.48. The Morgan fingerprint density at radius 2 is 1.93 bits per heavy atom. The second kappa shape index (κ2) is 9.37. The number of pyridine rings is 1. The molecule has 0 saturated carbocycles. The number of aromatic nitrogens is 1. The molecule has 0 spiro atoms. The van der Waals surface area contributed by atoms with E-state index in [0.29, 0.717) is 19.6 Å². The van der Waals surface area contributed by atoms with Crippen LogP contribution in [0.1, 0.15) is 24.5 Å². The number of β-amino-alcohol motifs (C(OH)–C–C–N with tert-alkyl or cyclic N) is 1. The van der Waals surface area contributed by atoms with E-state index in [1.165, 1.54) is 5.56 Å². The van der Waals surface area contributed by atoms with E-state index in [4.69, 9.17) is 4.74 Å². The Kier molecular flexibility index (Phi) is 6.65. The number of amides is 1. The van der Waals surface area contributed by atoms with Crippen molar-refractivity contribution in [1.29, 1.82) is 0 Å². The number of rotatable bonds is 6. The maximum atomic E-state index is 12.3. The number of aryl methyl sites for hydroxylation is 1. The lowest BCUT2D eigenvalue weighted by atomic mass is 9.94. The average molecular weight is 369 g/mol. The molecule has 0 bridgehead atoms. The van der Waals surface area contributed by atoms with Gasteiger partial charge >= 0.3 is 6.09 Å². The lowest BCUT2D eigenvalue weighted by molar-refractivity contribution is 0.0175. The van der Waals surface area contributed by atoms with E-state index in [1.54, 1.807) is 17.3 Å². The molecule has 1 aromatic heterocycles. The fraction of sp³-hybridized carbons (Fsp3) is 0.429. The van der Waals surface area contributed by atoms with Crippen LogP contribution >= 0.6 is 0 Å². The summed E-state index contributed by atoms with van der Waals surface area (Å²) in [5.74, 6) is 0.101. The van der Waals surface area contributed by atoms with Crippen LogP contribution < -0.4 is 5.32 Å². The van der Waals surface area contributed by atoms with Crippen LogP contribution in [0.5, 0.6) is 0 Å². The van der Waals surface area contributed by atoms with Gasteiger partial charge < -0.3 is 20.1 Å². The molecular formula is C21H27N3O3. The van der Waals surface area contributed by atoms with Crippen molar-refractivity contribution in [2.75, 3.05) is 25.0 Å². The Morgan fingerprint density at radius 1 is 1.22 bits per heavy atom. The van der Waals surface area contributed by atoms with Gasteiger partial charge in [-0.1, -0.05) is 31.2 Å². The first-order valence-corrected chi connectivity index (χ1v) is 9.47. The number of carbonyl (C=O) groups is 1. The zero-order valence-corrected chi connectivity index (χ0v) is 15.7. The molecule has 3 rings (SSSR count). The van der Waals surface area contributed by atoms with Crippen LogP contribution in [0, 0.1) is 5.92 Å². The highest BCUT2D eigenvalue weighted by Crippen LogP contribution is 2.20. The van der Waals surface area contributed by atoms with Crippen LogP contribution in [0.3, 0.4) is 0 Å². The molecule has 1 saturated heterocycles. The third kappa shape index (κ3) is 5.44. The molecule has 1 aliphatic rings. The van der Waals surface area contributed by atoms with E-state index in [1.807, 2.05) is 36.4 Å². The van der Waals surface area contributed by atoms with Gasteiger partial charge in [0.15, 0.2) is 0 Å². The van der Waals surface area contributed by atoms with Gasteiger partial charge in [-0.3, -0.25) is 4.98 Å². The highest BCUT2D eigenvalue weighted by Gasteiger charge is 2.30. The van der Waals surface area contributed by atoms with Crippen LogP contribution in [0.15, 0.2) is 48.8 Å². The topological polar surface area (TPSA) is 74.7 Å². The first-order valence-electron chi connectivity index (χ1n) is 9.47. The van der Waals surface area contributed by atoms with Crippen molar-refractivity contribution in [2.24, 2.45) is 5.92 Å². The van der Waals surface area contributed by atoms with E-state index in [2.05, 4.69) is 17.2 Å². The largest absolute Gasteiger partial charge is 0.445 e. The molecule has 2 heterocycles. The van der Waals surface area contributed by atoms with Gasteiger partial charge in [-0.2, -0.15) is 0 Å². The molecule has 6 nitrogen and oxygen atoms in total. The predicted octanol–water partition coefficient (Wildman–Crippen LogP) is 3.08. The lowest BCUT2D eigenvalue weighted by Gasteiger charge is -2.35. The molecule has 144 valence electrons. The Balaban J connectivity index is 1.43. The quantitative estimate of drug-likeness (QED) is 0.818. The molecule has 2 aromatic rings. The molecule has 0 aliphatic carbocycles. The van der Waals surface area contributed by atoms with Crippen LogP contribution in [0.4, 0.5) is 10.5 Å². The Bertz CT molecular complexity index is 721. The Labute approximate surface area is 160 Å². The highest BCUT2D eigenvalue weighted by molar-refractivity contribution is 5.67. The summed E-state index contributed by atoms with van der Waals surface area (Å²) in [6.45, 7) is 3.92. The molecule has 1 fully saturated rings. The average Bonchev–Trinajstić information content (AvgIpc) is 2.72. The molecular weight excluding hydrogens is 342 g/mol. The minimum Gasteiger partial charge on any atom is -0.445 e. The minimum absolute atomic E-state index is 0.101. The van der Waals surface area contributed by atoms with Crippen LogP contribution in [-0.2, 0) is 17.8 Å². The van der Waals surface area contributed by atoms with Gasteiger partial charge in [0.2, 0.25) is 0 Å². The van der Waals surface area contributed by atoms with Gasteiger partial charge in [0, 0.05) is 37.1 Å². The maximum Gasteiger partial charge on any atom is 0.410 e. The smallest absolute Gasteiger partial charge is 0.410 e. The van der Waals surface area contributed by atoms with Crippen molar-refractivity contribution < 1.29 is 14.6 Å². The van der Waals surface area contributed by atoms with E-state index >= 15 is 0 Å². The van der Waals surface area contributed by atoms with Gasteiger partial charge in [-0.25, -0.2) is 4.79 Å². The van der Waals surface area contributed by atoms with Crippen molar-refractivity contribution in [3.05, 3.63) is 59.9 Å². The van der Waals surface area contributed by atoms with Crippen molar-refractivity contribution in [3.8, 4) is 0 Å². The maximum absolute atomic E-state index is 12.3.